The van der Waals surface area contributed by atoms with E-state index in [1.165, 1.54) is 6.92 Å². The Bertz CT molecular complexity index is 788. The molecule has 1 aliphatic heterocycles. The Hall–Kier alpha value is -1.36. The summed E-state index contributed by atoms with van der Waals surface area (Å²) in [6.45, 7) is 6.64. The highest BCUT2D eigenvalue weighted by molar-refractivity contribution is 5.85. The molecule has 0 radical (unpaired) electrons. The lowest BCUT2D eigenvalue weighted by Gasteiger charge is -2.63. The summed E-state index contributed by atoms with van der Waals surface area (Å²) in [5.41, 5.74) is 0.485. The number of carbonyl (C=O) groups is 2. The van der Waals surface area contributed by atoms with Crippen LogP contribution in [-0.4, -0.2) is 35.4 Å². The third-order valence-corrected chi connectivity index (χ3v) is 10.3. The van der Waals surface area contributed by atoms with E-state index in [4.69, 9.17) is 9.47 Å². The Morgan fingerprint density at radius 1 is 1.10 bits per heavy atom. The van der Waals surface area contributed by atoms with Gasteiger partial charge in [0.15, 0.2) is 0 Å². The molecule has 0 amide bonds. The average molecular weight is 417 g/mol. The fourth-order valence-electron chi connectivity index (χ4n) is 8.71. The van der Waals surface area contributed by atoms with Crippen LogP contribution in [-0.2, 0) is 19.1 Å². The van der Waals surface area contributed by atoms with Crippen molar-refractivity contribution in [1.82, 2.24) is 0 Å². The first-order chi connectivity index (χ1) is 14.2. The van der Waals surface area contributed by atoms with Crippen molar-refractivity contribution in [1.29, 1.82) is 0 Å². The van der Waals surface area contributed by atoms with Crippen LogP contribution >= 0.6 is 0 Å². The summed E-state index contributed by atoms with van der Waals surface area (Å²) in [6, 6.07) is 0. The van der Waals surface area contributed by atoms with Gasteiger partial charge in [0, 0.05) is 18.4 Å². The third-order valence-electron chi connectivity index (χ3n) is 10.3. The topological polar surface area (TPSA) is 72.8 Å². The number of rotatable bonds is 2. The Kier molecular flexibility index (Phi) is 4.67. The van der Waals surface area contributed by atoms with Crippen LogP contribution < -0.4 is 0 Å². The Labute approximate surface area is 179 Å². The zero-order valence-electron chi connectivity index (χ0n) is 18.6. The fourth-order valence-corrected chi connectivity index (χ4v) is 8.71. The van der Waals surface area contributed by atoms with E-state index >= 15 is 0 Å². The van der Waals surface area contributed by atoms with E-state index in [2.05, 4.69) is 13.8 Å². The quantitative estimate of drug-likeness (QED) is 0.684. The molecule has 0 spiro atoms. The molecule has 0 aromatic heterocycles. The lowest BCUT2D eigenvalue weighted by Crippen LogP contribution is -2.62. The molecule has 166 valence electrons. The van der Waals surface area contributed by atoms with Crippen molar-refractivity contribution in [3.05, 3.63) is 11.6 Å². The summed E-state index contributed by atoms with van der Waals surface area (Å²) >= 11 is 0. The SMILES string of the molecule is CC(=O)O[C@H]1CC[C@@]2(C)[C@H](CC[C@H]3[C@H]2CC[C@]2(C)[C@H](C4=CC(=O)OC4)CC[C@@]32O)C1. The van der Waals surface area contributed by atoms with Gasteiger partial charge in [-0.3, -0.25) is 4.79 Å². The predicted octanol–water partition coefficient (Wildman–Crippen LogP) is 4.18. The van der Waals surface area contributed by atoms with Crippen molar-refractivity contribution in [3.63, 3.8) is 0 Å². The number of aliphatic hydroxyl groups is 1. The summed E-state index contributed by atoms with van der Waals surface area (Å²) in [4.78, 5) is 23.1. The van der Waals surface area contributed by atoms with Crippen molar-refractivity contribution in [2.24, 2.45) is 34.5 Å². The number of fused-ring (bicyclic) bond motifs is 5. The number of carbonyl (C=O) groups excluding carboxylic acids is 2. The van der Waals surface area contributed by atoms with Crippen LogP contribution in [0, 0.1) is 34.5 Å². The minimum absolute atomic E-state index is 0.0665. The van der Waals surface area contributed by atoms with E-state index in [0.29, 0.717) is 24.4 Å². The zero-order chi connectivity index (χ0) is 21.3. The number of esters is 2. The molecule has 1 N–H and O–H groups in total. The van der Waals surface area contributed by atoms with Crippen molar-refractivity contribution < 1.29 is 24.2 Å². The highest BCUT2D eigenvalue weighted by Crippen LogP contribution is 2.69. The van der Waals surface area contributed by atoms with Gasteiger partial charge in [0.1, 0.15) is 12.7 Å². The number of hydrogen-bond acceptors (Lipinski definition) is 5. The molecule has 1 heterocycles. The summed E-state index contributed by atoms with van der Waals surface area (Å²) in [5, 5.41) is 12.2. The largest absolute Gasteiger partial charge is 0.463 e. The van der Waals surface area contributed by atoms with Gasteiger partial charge in [-0.15, -0.1) is 0 Å². The molecule has 0 unspecified atom stereocenters. The molecule has 5 nitrogen and oxygen atoms in total. The van der Waals surface area contributed by atoms with Gasteiger partial charge in [-0.05, 0) is 92.4 Å². The Morgan fingerprint density at radius 2 is 1.90 bits per heavy atom. The molecule has 30 heavy (non-hydrogen) atoms. The molecule has 8 atom stereocenters. The van der Waals surface area contributed by atoms with E-state index in [-0.39, 0.29) is 34.8 Å². The van der Waals surface area contributed by atoms with Crippen LogP contribution in [0.3, 0.4) is 0 Å². The van der Waals surface area contributed by atoms with Gasteiger partial charge in [0.25, 0.3) is 0 Å². The summed E-state index contributed by atoms with van der Waals surface area (Å²) in [5.74, 6) is 1.29. The highest BCUT2D eigenvalue weighted by atomic mass is 16.5. The van der Waals surface area contributed by atoms with Crippen LogP contribution in [0.25, 0.3) is 0 Å². The number of hydrogen-bond donors (Lipinski definition) is 1. The normalized spacial score (nSPS) is 50.1. The summed E-state index contributed by atoms with van der Waals surface area (Å²) in [6.07, 6.45) is 10.9. The predicted molar refractivity (Wildman–Crippen MR) is 111 cm³/mol. The standard InChI is InChI=1S/C25H36O5/c1-15(26)30-18-6-9-23(2)17(13-18)4-5-21-20(23)7-10-24(3)19(8-11-25(21,24)28)16-12-22(27)29-14-16/h12,17-21,28H,4-11,13-14H2,1-3H3/t17-,18+,19+,20-,21+,23+,24-,25-/m1/s1. The molecule has 0 saturated heterocycles. The summed E-state index contributed by atoms with van der Waals surface area (Å²) < 4.78 is 10.8. The van der Waals surface area contributed by atoms with Crippen molar-refractivity contribution in [3.8, 4) is 0 Å². The van der Waals surface area contributed by atoms with Gasteiger partial charge in [0.05, 0.1) is 5.60 Å². The summed E-state index contributed by atoms with van der Waals surface area (Å²) in [7, 11) is 0. The zero-order valence-corrected chi connectivity index (χ0v) is 18.6. The fraction of sp³-hybridized carbons (Fsp3) is 0.840. The first-order valence-electron chi connectivity index (χ1n) is 11.9. The van der Waals surface area contributed by atoms with Crippen LogP contribution in [0.2, 0.25) is 0 Å². The lowest BCUT2D eigenvalue weighted by molar-refractivity contribution is -0.209. The lowest BCUT2D eigenvalue weighted by atomic mass is 9.43. The van der Waals surface area contributed by atoms with Crippen molar-refractivity contribution in [2.75, 3.05) is 6.61 Å². The maximum atomic E-state index is 12.2. The maximum Gasteiger partial charge on any atom is 0.331 e. The van der Waals surface area contributed by atoms with Gasteiger partial charge in [-0.25, -0.2) is 4.79 Å². The van der Waals surface area contributed by atoms with E-state index in [0.717, 1.165) is 63.4 Å². The van der Waals surface area contributed by atoms with E-state index in [1.54, 1.807) is 6.08 Å². The van der Waals surface area contributed by atoms with E-state index in [1.807, 2.05) is 0 Å². The van der Waals surface area contributed by atoms with Crippen LogP contribution in [0.5, 0.6) is 0 Å². The molecule has 0 aromatic rings. The second kappa shape index (κ2) is 6.82. The number of cyclic esters (lactones) is 1. The van der Waals surface area contributed by atoms with Gasteiger partial charge in [-0.2, -0.15) is 0 Å². The second-order valence-electron chi connectivity index (χ2n) is 11.3. The molecule has 5 aliphatic rings. The average Bonchev–Trinajstić information content (AvgIpc) is 3.22. The molecule has 4 aliphatic carbocycles. The smallest absolute Gasteiger partial charge is 0.331 e. The minimum Gasteiger partial charge on any atom is -0.463 e. The second-order valence-corrected chi connectivity index (χ2v) is 11.3. The van der Waals surface area contributed by atoms with Crippen LogP contribution in [0.15, 0.2) is 11.6 Å². The van der Waals surface area contributed by atoms with E-state index in [9.17, 15) is 14.7 Å². The maximum absolute atomic E-state index is 12.2. The van der Waals surface area contributed by atoms with Crippen molar-refractivity contribution in [2.45, 2.75) is 90.3 Å². The molecule has 5 rings (SSSR count). The highest BCUT2D eigenvalue weighted by Gasteiger charge is 2.67. The Balaban J connectivity index is 1.40. The van der Waals surface area contributed by atoms with Gasteiger partial charge in [-0.1, -0.05) is 13.8 Å². The first-order valence-corrected chi connectivity index (χ1v) is 11.9. The molecule has 0 aromatic carbocycles. The first kappa shape index (κ1) is 20.5. The van der Waals surface area contributed by atoms with Gasteiger partial charge in [0.2, 0.25) is 0 Å². The van der Waals surface area contributed by atoms with Gasteiger partial charge >= 0.3 is 11.9 Å². The molecule has 5 heteroatoms. The monoisotopic (exact) mass is 416 g/mol. The Morgan fingerprint density at radius 3 is 2.60 bits per heavy atom. The number of ether oxygens (including phenoxy) is 2. The molecule has 4 saturated carbocycles. The van der Waals surface area contributed by atoms with E-state index < -0.39 is 5.60 Å². The molecule has 4 fully saturated rings. The minimum atomic E-state index is -0.659. The van der Waals surface area contributed by atoms with Crippen LogP contribution in [0.1, 0.15) is 78.6 Å². The molecular weight excluding hydrogens is 380 g/mol. The third kappa shape index (κ3) is 2.76. The molecule has 0 bridgehead atoms. The van der Waals surface area contributed by atoms with Gasteiger partial charge < -0.3 is 14.6 Å². The van der Waals surface area contributed by atoms with Crippen molar-refractivity contribution >= 4 is 11.9 Å². The van der Waals surface area contributed by atoms with Crippen LogP contribution in [0.4, 0.5) is 0 Å². The molecular formula is C25H36O5.